The molecule has 0 heterocycles. The number of carbonyl (C=O) groups is 2. The van der Waals surface area contributed by atoms with E-state index >= 15 is 0 Å². The van der Waals surface area contributed by atoms with Crippen LogP contribution >= 0.6 is 0 Å². The Kier molecular flexibility index (Phi) is 6.36. The van der Waals surface area contributed by atoms with Crippen LogP contribution < -0.4 is 10.1 Å². The molecule has 0 saturated heterocycles. The summed E-state index contributed by atoms with van der Waals surface area (Å²) in [4.78, 5) is 24.8. The first-order chi connectivity index (χ1) is 9.62. The van der Waals surface area contributed by atoms with Crippen LogP contribution in [0.15, 0.2) is 24.3 Å². The lowest BCUT2D eigenvalue weighted by Gasteiger charge is -2.21. The zero-order valence-electron chi connectivity index (χ0n) is 12.0. The average molecular weight is 280 g/mol. The van der Waals surface area contributed by atoms with Gasteiger partial charge in [-0.1, -0.05) is 12.1 Å². The van der Waals surface area contributed by atoms with Gasteiger partial charge >= 0.3 is 12.0 Å². The van der Waals surface area contributed by atoms with Crippen molar-refractivity contribution in [2.24, 2.45) is 0 Å². The first-order valence-electron chi connectivity index (χ1n) is 6.38. The minimum Gasteiger partial charge on any atom is -0.495 e. The number of nitrogens with one attached hydrogen (secondary N) is 1. The number of methoxy groups -OCH3 is 2. The van der Waals surface area contributed by atoms with Crippen LogP contribution in [-0.2, 0) is 9.53 Å². The van der Waals surface area contributed by atoms with Crippen LogP contribution in [0.4, 0.5) is 10.5 Å². The summed E-state index contributed by atoms with van der Waals surface area (Å²) < 4.78 is 9.73. The summed E-state index contributed by atoms with van der Waals surface area (Å²) in [5, 5.41) is 2.76. The number of para-hydroxylation sites is 2. The van der Waals surface area contributed by atoms with Crippen molar-refractivity contribution in [1.29, 1.82) is 0 Å². The number of esters is 1. The maximum Gasteiger partial charge on any atom is 0.321 e. The molecule has 0 aromatic heterocycles. The molecule has 110 valence electrons. The molecule has 0 bridgehead atoms. The number of nitrogens with zero attached hydrogens (tertiary/aromatic N) is 1. The highest BCUT2D eigenvalue weighted by Gasteiger charge is 2.15. The molecular formula is C14H20N2O4. The topological polar surface area (TPSA) is 67.9 Å². The fraction of sp³-hybridized carbons (Fsp3) is 0.429. The Morgan fingerprint density at radius 2 is 1.95 bits per heavy atom. The van der Waals surface area contributed by atoms with Crippen molar-refractivity contribution >= 4 is 17.7 Å². The van der Waals surface area contributed by atoms with Gasteiger partial charge in [0.2, 0.25) is 0 Å². The fourth-order valence-corrected chi connectivity index (χ4v) is 1.67. The number of benzene rings is 1. The Labute approximate surface area is 118 Å². The highest BCUT2D eigenvalue weighted by molar-refractivity contribution is 5.91. The second-order valence-electron chi connectivity index (χ2n) is 4.04. The number of ether oxygens (including phenoxy) is 2. The molecule has 1 aromatic carbocycles. The zero-order valence-corrected chi connectivity index (χ0v) is 12.0. The van der Waals surface area contributed by atoms with E-state index in [2.05, 4.69) is 10.1 Å². The van der Waals surface area contributed by atoms with E-state index in [0.717, 1.165) is 0 Å². The molecule has 1 aromatic rings. The summed E-state index contributed by atoms with van der Waals surface area (Å²) in [6.45, 7) is 2.65. The van der Waals surface area contributed by atoms with Gasteiger partial charge in [-0.3, -0.25) is 4.79 Å². The van der Waals surface area contributed by atoms with Crippen molar-refractivity contribution in [2.75, 3.05) is 32.6 Å². The molecule has 6 heteroatoms. The number of hydrogen-bond donors (Lipinski definition) is 1. The lowest BCUT2D eigenvalue weighted by molar-refractivity contribution is -0.140. The van der Waals surface area contributed by atoms with Crippen LogP contribution in [0.1, 0.15) is 13.3 Å². The van der Waals surface area contributed by atoms with E-state index in [0.29, 0.717) is 24.5 Å². The standard InChI is InChI=1S/C14H20N2O4/c1-4-16(10-9-13(17)20-3)14(18)15-11-7-5-6-8-12(11)19-2/h5-8H,4,9-10H2,1-3H3,(H,15,18). The van der Waals surface area contributed by atoms with Crippen molar-refractivity contribution in [3.8, 4) is 5.75 Å². The monoisotopic (exact) mass is 280 g/mol. The smallest absolute Gasteiger partial charge is 0.321 e. The Bertz CT molecular complexity index is 462. The summed E-state index contributed by atoms with van der Waals surface area (Å²) in [6, 6.07) is 6.87. The number of rotatable bonds is 6. The van der Waals surface area contributed by atoms with Crippen molar-refractivity contribution in [2.45, 2.75) is 13.3 Å². The molecule has 6 nitrogen and oxygen atoms in total. The number of carbonyl (C=O) groups excluding carboxylic acids is 2. The summed E-state index contributed by atoms with van der Waals surface area (Å²) >= 11 is 0. The third-order valence-electron chi connectivity index (χ3n) is 2.83. The van der Waals surface area contributed by atoms with Crippen LogP contribution in [0.3, 0.4) is 0 Å². The normalized spacial score (nSPS) is 9.75. The minimum atomic E-state index is -0.339. The Hall–Kier alpha value is -2.24. The molecule has 0 aliphatic carbocycles. The number of urea groups is 1. The van der Waals surface area contributed by atoms with Crippen molar-refractivity contribution in [3.05, 3.63) is 24.3 Å². The van der Waals surface area contributed by atoms with Gasteiger partial charge in [0.25, 0.3) is 0 Å². The first-order valence-corrected chi connectivity index (χ1v) is 6.38. The van der Waals surface area contributed by atoms with Gasteiger partial charge in [-0.25, -0.2) is 4.79 Å². The number of amides is 2. The third kappa shape index (κ3) is 4.46. The minimum absolute atomic E-state index is 0.170. The third-order valence-corrected chi connectivity index (χ3v) is 2.83. The van der Waals surface area contributed by atoms with E-state index in [1.165, 1.54) is 12.0 Å². The molecular weight excluding hydrogens is 260 g/mol. The van der Waals surface area contributed by atoms with Crippen LogP contribution in [0.2, 0.25) is 0 Å². The maximum absolute atomic E-state index is 12.1. The SMILES string of the molecule is CCN(CCC(=O)OC)C(=O)Nc1ccccc1OC. The van der Waals surface area contributed by atoms with Gasteiger partial charge in [-0.2, -0.15) is 0 Å². The molecule has 1 rings (SSSR count). The average Bonchev–Trinajstić information content (AvgIpc) is 2.48. The molecule has 0 radical (unpaired) electrons. The lowest BCUT2D eigenvalue weighted by atomic mass is 10.3. The molecule has 20 heavy (non-hydrogen) atoms. The van der Waals surface area contributed by atoms with E-state index in [1.807, 2.05) is 19.1 Å². The Morgan fingerprint density at radius 1 is 1.25 bits per heavy atom. The largest absolute Gasteiger partial charge is 0.495 e. The predicted octanol–water partition coefficient (Wildman–Crippen LogP) is 2.11. The molecule has 0 saturated carbocycles. The van der Waals surface area contributed by atoms with Crippen LogP contribution in [-0.4, -0.2) is 44.2 Å². The van der Waals surface area contributed by atoms with E-state index in [1.54, 1.807) is 19.2 Å². The van der Waals surface area contributed by atoms with Crippen LogP contribution in [0.5, 0.6) is 5.75 Å². The van der Waals surface area contributed by atoms with Gasteiger partial charge in [-0.05, 0) is 19.1 Å². The second kappa shape index (κ2) is 8.04. The molecule has 1 N–H and O–H groups in total. The summed E-state index contributed by atoms with van der Waals surface area (Å²) in [6.07, 6.45) is 0.170. The molecule has 0 fully saturated rings. The van der Waals surface area contributed by atoms with E-state index in [9.17, 15) is 9.59 Å². The van der Waals surface area contributed by atoms with Crippen molar-refractivity contribution < 1.29 is 19.1 Å². The van der Waals surface area contributed by atoms with Gasteiger partial charge in [-0.15, -0.1) is 0 Å². The van der Waals surface area contributed by atoms with Gasteiger partial charge in [0, 0.05) is 13.1 Å². The summed E-state index contributed by atoms with van der Waals surface area (Å²) in [7, 11) is 2.87. The van der Waals surface area contributed by atoms with Gasteiger partial charge in [0.1, 0.15) is 5.75 Å². The van der Waals surface area contributed by atoms with Crippen molar-refractivity contribution in [3.63, 3.8) is 0 Å². The molecule has 0 aliphatic rings. The fourth-order valence-electron chi connectivity index (χ4n) is 1.67. The zero-order chi connectivity index (χ0) is 15.0. The predicted molar refractivity (Wildman–Crippen MR) is 75.9 cm³/mol. The number of anilines is 1. The second-order valence-corrected chi connectivity index (χ2v) is 4.04. The van der Waals surface area contributed by atoms with Crippen LogP contribution in [0.25, 0.3) is 0 Å². The number of hydrogen-bond acceptors (Lipinski definition) is 4. The molecule has 0 atom stereocenters. The summed E-state index contributed by atoms with van der Waals surface area (Å²) in [5.41, 5.74) is 0.594. The Morgan fingerprint density at radius 3 is 2.55 bits per heavy atom. The molecule has 0 unspecified atom stereocenters. The molecule has 0 spiro atoms. The van der Waals surface area contributed by atoms with Gasteiger partial charge in [0.15, 0.2) is 0 Å². The lowest BCUT2D eigenvalue weighted by Crippen LogP contribution is -2.36. The molecule has 2 amide bonds. The highest BCUT2D eigenvalue weighted by atomic mass is 16.5. The molecule has 0 aliphatic heterocycles. The highest BCUT2D eigenvalue weighted by Crippen LogP contribution is 2.23. The first kappa shape index (κ1) is 15.8. The summed E-state index contributed by atoms with van der Waals surface area (Å²) in [5.74, 6) is 0.249. The quantitative estimate of drug-likeness (QED) is 0.810. The van der Waals surface area contributed by atoms with E-state index < -0.39 is 0 Å². The Balaban J connectivity index is 2.65. The van der Waals surface area contributed by atoms with Gasteiger partial charge < -0.3 is 19.7 Å². The van der Waals surface area contributed by atoms with Crippen molar-refractivity contribution in [1.82, 2.24) is 4.90 Å². The maximum atomic E-state index is 12.1. The van der Waals surface area contributed by atoms with Crippen LogP contribution in [0, 0.1) is 0 Å². The van der Waals surface area contributed by atoms with Gasteiger partial charge in [0.05, 0.1) is 26.3 Å². The van der Waals surface area contributed by atoms with E-state index in [4.69, 9.17) is 4.74 Å². The van der Waals surface area contributed by atoms with E-state index in [-0.39, 0.29) is 18.4 Å².